The Morgan fingerprint density at radius 2 is 2.07 bits per heavy atom. The minimum absolute atomic E-state index is 0.183. The summed E-state index contributed by atoms with van der Waals surface area (Å²) in [5.74, 6) is 0.847. The first-order valence-corrected chi connectivity index (χ1v) is 9.19. The van der Waals surface area contributed by atoms with Gasteiger partial charge in [-0.1, -0.05) is 30.3 Å². The second-order valence-electron chi connectivity index (χ2n) is 6.68. The number of amides is 1. The fourth-order valence-corrected chi connectivity index (χ4v) is 3.40. The average molecular weight is 387 g/mol. The lowest BCUT2D eigenvalue weighted by Crippen LogP contribution is -2.37. The van der Waals surface area contributed by atoms with E-state index in [1.54, 1.807) is 35.6 Å². The third-order valence-corrected chi connectivity index (χ3v) is 4.86. The van der Waals surface area contributed by atoms with Crippen molar-refractivity contribution >= 4 is 17.7 Å². The lowest BCUT2D eigenvalue weighted by molar-refractivity contribution is -0.126. The molecule has 5 rings (SSSR count). The molecule has 0 spiro atoms. The van der Waals surface area contributed by atoms with E-state index >= 15 is 0 Å². The van der Waals surface area contributed by atoms with Gasteiger partial charge in [-0.25, -0.2) is 0 Å². The number of tetrazole rings is 1. The van der Waals surface area contributed by atoms with Crippen molar-refractivity contribution in [2.45, 2.75) is 13.0 Å². The van der Waals surface area contributed by atoms with Crippen molar-refractivity contribution in [3.05, 3.63) is 71.9 Å². The van der Waals surface area contributed by atoms with Gasteiger partial charge < -0.3 is 9.32 Å². The molecule has 29 heavy (non-hydrogen) atoms. The fraction of sp³-hybridized carbons (Fsp3) is 0.150. The van der Waals surface area contributed by atoms with Gasteiger partial charge in [-0.05, 0) is 22.6 Å². The van der Waals surface area contributed by atoms with E-state index in [0.29, 0.717) is 30.4 Å². The van der Waals surface area contributed by atoms with Crippen LogP contribution in [-0.2, 0) is 17.8 Å². The molecule has 3 aromatic heterocycles. The molecule has 1 aliphatic rings. The number of furan rings is 1. The van der Waals surface area contributed by atoms with E-state index in [9.17, 15) is 4.79 Å². The number of benzene rings is 1. The van der Waals surface area contributed by atoms with Crippen LogP contribution >= 0.6 is 0 Å². The first-order chi connectivity index (χ1) is 14.3. The second kappa shape index (κ2) is 7.19. The van der Waals surface area contributed by atoms with Crippen LogP contribution in [0.1, 0.15) is 17.0 Å². The number of aromatic amines is 1. The predicted octanol–water partition coefficient (Wildman–Crippen LogP) is 2.24. The minimum atomic E-state index is -0.183. The number of fused-ring (bicyclic) bond motifs is 1. The van der Waals surface area contributed by atoms with Gasteiger partial charge in [0.05, 0.1) is 12.5 Å². The molecule has 0 radical (unpaired) electrons. The molecule has 0 unspecified atom stereocenters. The molecular formula is C20H17N7O2. The Morgan fingerprint density at radius 3 is 2.90 bits per heavy atom. The Morgan fingerprint density at radius 1 is 1.17 bits per heavy atom. The van der Waals surface area contributed by atoms with Gasteiger partial charge in [-0.2, -0.15) is 9.78 Å². The molecule has 0 aliphatic carbocycles. The standard InChI is InChI=1S/C20H17N7O2/c28-20(26-9-8-17-15(13-26)12-21-22-17)18(11-16-7-4-10-29-16)27-19(23-24-25-27)14-5-2-1-3-6-14/h1-7,10-12H,8-9,13H2,(H,21,22). The zero-order chi connectivity index (χ0) is 19.6. The van der Waals surface area contributed by atoms with Crippen molar-refractivity contribution < 1.29 is 9.21 Å². The quantitative estimate of drug-likeness (QED) is 0.538. The van der Waals surface area contributed by atoms with E-state index in [1.807, 2.05) is 30.3 Å². The summed E-state index contributed by atoms with van der Waals surface area (Å²) >= 11 is 0. The molecular weight excluding hydrogens is 370 g/mol. The highest BCUT2D eigenvalue weighted by Crippen LogP contribution is 2.24. The molecule has 4 aromatic rings. The van der Waals surface area contributed by atoms with Crippen molar-refractivity contribution in [2.24, 2.45) is 0 Å². The minimum Gasteiger partial charge on any atom is -0.465 e. The van der Waals surface area contributed by atoms with Gasteiger partial charge in [0.15, 0.2) is 5.82 Å². The van der Waals surface area contributed by atoms with E-state index in [-0.39, 0.29) is 5.91 Å². The molecule has 9 heteroatoms. The maximum atomic E-state index is 13.5. The summed E-state index contributed by atoms with van der Waals surface area (Å²) in [6, 6.07) is 13.1. The highest BCUT2D eigenvalue weighted by molar-refractivity contribution is 6.18. The smallest absolute Gasteiger partial charge is 0.273 e. The van der Waals surface area contributed by atoms with Crippen LogP contribution in [0.25, 0.3) is 23.2 Å². The first-order valence-electron chi connectivity index (χ1n) is 9.19. The SMILES string of the molecule is O=C(C(=Cc1ccco1)n1nnnc1-c1ccccc1)N1CCc2[nH]ncc2C1. The van der Waals surface area contributed by atoms with Crippen LogP contribution in [-0.4, -0.2) is 47.8 Å². The topological polar surface area (TPSA) is 106 Å². The van der Waals surface area contributed by atoms with E-state index in [1.165, 1.54) is 4.68 Å². The molecule has 0 bridgehead atoms. The van der Waals surface area contributed by atoms with Gasteiger partial charge in [-0.3, -0.25) is 9.89 Å². The second-order valence-corrected chi connectivity index (χ2v) is 6.68. The van der Waals surface area contributed by atoms with Crippen LogP contribution in [0.4, 0.5) is 0 Å². The largest absolute Gasteiger partial charge is 0.465 e. The van der Waals surface area contributed by atoms with Gasteiger partial charge >= 0.3 is 0 Å². The van der Waals surface area contributed by atoms with Crippen molar-refractivity contribution in [1.29, 1.82) is 0 Å². The summed E-state index contributed by atoms with van der Waals surface area (Å²) in [5.41, 5.74) is 3.21. The summed E-state index contributed by atoms with van der Waals surface area (Å²) < 4.78 is 6.91. The zero-order valence-electron chi connectivity index (χ0n) is 15.4. The van der Waals surface area contributed by atoms with Gasteiger partial charge in [0.25, 0.3) is 5.91 Å². The molecule has 4 heterocycles. The van der Waals surface area contributed by atoms with Crippen molar-refractivity contribution in [2.75, 3.05) is 6.54 Å². The van der Waals surface area contributed by atoms with Crippen LogP contribution in [0.3, 0.4) is 0 Å². The Balaban J connectivity index is 1.56. The van der Waals surface area contributed by atoms with Gasteiger partial charge in [0.1, 0.15) is 11.5 Å². The monoisotopic (exact) mass is 387 g/mol. The number of carbonyl (C=O) groups is 1. The maximum Gasteiger partial charge on any atom is 0.273 e. The van der Waals surface area contributed by atoms with Crippen LogP contribution in [0, 0.1) is 0 Å². The highest BCUT2D eigenvalue weighted by Gasteiger charge is 2.28. The summed E-state index contributed by atoms with van der Waals surface area (Å²) in [7, 11) is 0. The molecule has 1 amide bonds. The van der Waals surface area contributed by atoms with Crippen molar-refractivity contribution in [1.82, 2.24) is 35.3 Å². The lowest BCUT2D eigenvalue weighted by Gasteiger charge is -2.27. The fourth-order valence-electron chi connectivity index (χ4n) is 3.40. The Labute approximate surface area is 165 Å². The number of nitrogens with one attached hydrogen (secondary N) is 1. The third kappa shape index (κ3) is 3.22. The number of nitrogens with zero attached hydrogens (tertiary/aromatic N) is 6. The maximum absolute atomic E-state index is 13.5. The molecule has 1 aromatic carbocycles. The highest BCUT2D eigenvalue weighted by atomic mass is 16.3. The Bertz CT molecular complexity index is 1160. The van der Waals surface area contributed by atoms with Crippen LogP contribution in [0.2, 0.25) is 0 Å². The van der Waals surface area contributed by atoms with E-state index in [0.717, 1.165) is 23.2 Å². The number of hydrogen-bond acceptors (Lipinski definition) is 6. The zero-order valence-corrected chi connectivity index (χ0v) is 15.4. The van der Waals surface area contributed by atoms with Gasteiger partial charge in [0.2, 0.25) is 0 Å². The number of rotatable bonds is 4. The molecule has 0 saturated heterocycles. The van der Waals surface area contributed by atoms with Crippen LogP contribution in [0.5, 0.6) is 0 Å². The van der Waals surface area contributed by atoms with Crippen LogP contribution in [0.15, 0.2) is 59.3 Å². The number of aromatic nitrogens is 6. The Kier molecular flexibility index (Phi) is 4.24. The van der Waals surface area contributed by atoms with Crippen LogP contribution < -0.4 is 0 Å². The first kappa shape index (κ1) is 17.1. The van der Waals surface area contributed by atoms with E-state index in [2.05, 4.69) is 25.7 Å². The van der Waals surface area contributed by atoms with Crippen molar-refractivity contribution in [3.8, 4) is 11.4 Å². The Hall–Kier alpha value is -4.01. The summed E-state index contributed by atoms with van der Waals surface area (Å²) in [6.45, 7) is 1.05. The summed E-state index contributed by atoms with van der Waals surface area (Å²) in [4.78, 5) is 15.3. The predicted molar refractivity (Wildman–Crippen MR) is 104 cm³/mol. The average Bonchev–Trinajstić information content (AvgIpc) is 3.53. The molecule has 0 fully saturated rings. The number of H-pyrrole nitrogens is 1. The third-order valence-electron chi connectivity index (χ3n) is 4.86. The summed E-state index contributed by atoms with van der Waals surface area (Å²) in [5, 5.41) is 19.1. The lowest BCUT2D eigenvalue weighted by atomic mass is 10.1. The van der Waals surface area contributed by atoms with Crippen molar-refractivity contribution in [3.63, 3.8) is 0 Å². The molecule has 1 aliphatic heterocycles. The molecule has 0 atom stereocenters. The van der Waals surface area contributed by atoms with Gasteiger partial charge in [-0.15, -0.1) is 5.10 Å². The number of hydrogen-bond donors (Lipinski definition) is 1. The molecule has 144 valence electrons. The van der Waals surface area contributed by atoms with E-state index < -0.39 is 0 Å². The normalized spacial score (nSPS) is 14.1. The van der Waals surface area contributed by atoms with E-state index in [4.69, 9.17) is 4.42 Å². The molecule has 1 N–H and O–H groups in total. The number of carbonyl (C=O) groups excluding carboxylic acids is 1. The summed E-state index contributed by atoms with van der Waals surface area (Å²) in [6.07, 6.45) is 5.70. The molecule has 0 saturated carbocycles. The van der Waals surface area contributed by atoms with Gasteiger partial charge in [0, 0.05) is 42.4 Å². The molecule has 9 nitrogen and oxygen atoms in total.